The Bertz CT molecular complexity index is 642. The van der Waals surface area contributed by atoms with E-state index >= 15 is 0 Å². The molecule has 22 heavy (non-hydrogen) atoms. The van der Waals surface area contributed by atoms with Crippen LogP contribution in [0, 0.1) is 20.8 Å². The van der Waals surface area contributed by atoms with E-state index in [2.05, 4.69) is 57.2 Å². The average molecular weight is 297 g/mol. The second-order valence-corrected chi connectivity index (χ2v) is 5.95. The fourth-order valence-corrected chi connectivity index (χ4v) is 2.88. The van der Waals surface area contributed by atoms with Gasteiger partial charge in [-0.2, -0.15) is 15.0 Å². The number of benzene rings is 1. The van der Waals surface area contributed by atoms with Gasteiger partial charge in [-0.3, -0.25) is 0 Å². The summed E-state index contributed by atoms with van der Waals surface area (Å²) < 4.78 is 0. The Morgan fingerprint density at radius 3 is 2.27 bits per heavy atom. The van der Waals surface area contributed by atoms with E-state index in [9.17, 15) is 0 Å². The molecule has 0 saturated carbocycles. The SMILES string of the molecule is Cc1nc(Nc2c(C)cccc2C)nc(N2CCCCC2)n1. The summed E-state index contributed by atoms with van der Waals surface area (Å²) >= 11 is 0. The molecule has 0 bridgehead atoms. The zero-order valence-electron chi connectivity index (χ0n) is 13.6. The van der Waals surface area contributed by atoms with Crippen molar-refractivity contribution in [2.24, 2.45) is 0 Å². The molecule has 1 aliphatic rings. The number of piperidine rings is 1. The van der Waals surface area contributed by atoms with Crippen LogP contribution in [0.5, 0.6) is 0 Å². The van der Waals surface area contributed by atoms with Crippen molar-refractivity contribution in [2.45, 2.75) is 40.0 Å². The van der Waals surface area contributed by atoms with Gasteiger partial charge in [0, 0.05) is 18.8 Å². The molecule has 0 aliphatic carbocycles. The van der Waals surface area contributed by atoms with Gasteiger partial charge in [-0.25, -0.2) is 0 Å². The number of rotatable bonds is 3. The number of nitrogens with one attached hydrogen (secondary N) is 1. The van der Waals surface area contributed by atoms with E-state index in [4.69, 9.17) is 0 Å². The van der Waals surface area contributed by atoms with E-state index in [1.165, 1.54) is 30.4 Å². The van der Waals surface area contributed by atoms with Gasteiger partial charge < -0.3 is 10.2 Å². The van der Waals surface area contributed by atoms with Crippen LogP contribution in [0.1, 0.15) is 36.2 Å². The molecule has 1 fully saturated rings. The fraction of sp³-hybridized carbons (Fsp3) is 0.471. The Hall–Kier alpha value is -2.17. The standard InChI is InChI=1S/C17H23N5/c1-12-8-7-9-13(2)15(12)20-16-18-14(3)19-17(21-16)22-10-5-4-6-11-22/h7-9H,4-6,10-11H2,1-3H3,(H,18,19,20,21). The molecule has 1 saturated heterocycles. The number of hydrogen-bond donors (Lipinski definition) is 1. The first-order valence-electron chi connectivity index (χ1n) is 7.94. The summed E-state index contributed by atoms with van der Waals surface area (Å²) in [5.74, 6) is 2.18. The number of nitrogens with zero attached hydrogens (tertiary/aromatic N) is 4. The van der Waals surface area contributed by atoms with Gasteiger partial charge in [0.05, 0.1) is 0 Å². The van der Waals surface area contributed by atoms with Gasteiger partial charge in [-0.15, -0.1) is 0 Å². The molecular weight excluding hydrogens is 274 g/mol. The second-order valence-electron chi connectivity index (χ2n) is 5.95. The van der Waals surface area contributed by atoms with Gasteiger partial charge in [0.25, 0.3) is 0 Å². The maximum atomic E-state index is 4.63. The topological polar surface area (TPSA) is 53.9 Å². The second kappa shape index (κ2) is 6.30. The molecule has 1 aromatic heterocycles. The van der Waals surface area contributed by atoms with Crippen LogP contribution in [0.2, 0.25) is 0 Å². The molecule has 5 nitrogen and oxygen atoms in total. The normalized spacial score (nSPS) is 15.0. The van der Waals surface area contributed by atoms with Crippen LogP contribution >= 0.6 is 0 Å². The first-order valence-corrected chi connectivity index (χ1v) is 7.94. The molecule has 2 aromatic rings. The molecule has 1 aromatic carbocycles. The van der Waals surface area contributed by atoms with Gasteiger partial charge in [-0.05, 0) is 51.2 Å². The molecule has 0 amide bonds. The molecule has 2 heterocycles. The predicted molar refractivity (Wildman–Crippen MR) is 89.8 cm³/mol. The number of hydrogen-bond acceptors (Lipinski definition) is 5. The number of aryl methyl sites for hydroxylation is 3. The Morgan fingerprint density at radius 1 is 0.909 bits per heavy atom. The zero-order valence-corrected chi connectivity index (χ0v) is 13.6. The minimum Gasteiger partial charge on any atom is -0.341 e. The summed E-state index contributed by atoms with van der Waals surface area (Å²) in [5.41, 5.74) is 3.47. The molecule has 5 heteroatoms. The van der Waals surface area contributed by atoms with Crippen LogP contribution in [-0.2, 0) is 0 Å². The van der Waals surface area contributed by atoms with Crippen molar-refractivity contribution in [3.63, 3.8) is 0 Å². The fourth-order valence-electron chi connectivity index (χ4n) is 2.88. The van der Waals surface area contributed by atoms with Crippen LogP contribution < -0.4 is 10.2 Å². The van der Waals surface area contributed by atoms with Gasteiger partial charge in [-0.1, -0.05) is 18.2 Å². The molecule has 0 unspecified atom stereocenters. The maximum Gasteiger partial charge on any atom is 0.232 e. The minimum atomic E-state index is 0.630. The Kier molecular flexibility index (Phi) is 4.22. The molecule has 3 rings (SSSR count). The van der Waals surface area contributed by atoms with E-state index < -0.39 is 0 Å². The quantitative estimate of drug-likeness (QED) is 0.939. The van der Waals surface area contributed by atoms with Gasteiger partial charge in [0.15, 0.2) is 0 Å². The van der Waals surface area contributed by atoms with Crippen LogP contribution in [0.15, 0.2) is 18.2 Å². The highest BCUT2D eigenvalue weighted by molar-refractivity contribution is 5.63. The van der Waals surface area contributed by atoms with E-state index in [0.717, 1.165) is 30.5 Å². The lowest BCUT2D eigenvalue weighted by molar-refractivity contribution is 0.567. The van der Waals surface area contributed by atoms with Crippen LogP contribution in [0.4, 0.5) is 17.6 Å². The maximum absolute atomic E-state index is 4.63. The van der Waals surface area contributed by atoms with Crippen molar-refractivity contribution in [1.82, 2.24) is 15.0 Å². The largest absolute Gasteiger partial charge is 0.341 e. The van der Waals surface area contributed by atoms with Gasteiger partial charge >= 0.3 is 0 Å². The van der Waals surface area contributed by atoms with Crippen molar-refractivity contribution in [3.05, 3.63) is 35.2 Å². The van der Waals surface area contributed by atoms with Crippen molar-refractivity contribution in [3.8, 4) is 0 Å². The van der Waals surface area contributed by atoms with Gasteiger partial charge in [0.2, 0.25) is 11.9 Å². The molecule has 116 valence electrons. The first-order chi connectivity index (χ1) is 10.6. The van der Waals surface area contributed by atoms with Crippen LogP contribution in [-0.4, -0.2) is 28.0 Å². The molecule has 1 N–H and O–H groups in total. The lowest BCUT2D eigenvalue weighted by Gasteiger charge is -2.27. The zero-order chi connectivity index (χ0) is 15.5. The average Bonchev–Trinajstić information content (AvgIpc) is 2.51. The first kappa shape index (κ1) is 14.8. The van der Waals surface area contributed by atoms with Gasteiger partial charge in [0.1, 0.15) is 5.82 Å². The summed E-state index contributed by atoms with van der Waals surface area (Å²) in [7, 11) is 0. The highest BCUT2D eigenvalue weighted by Crippen LogP contribution is 2.24. The monoisotopic (exact) mass is 297 g/mol. The summed E-state index contributed by atoms with van der Waals surface area (Å²) in [6.45, 7) is 8.17. The molecule has 0 atom stereocenters. The lowest BCUT2D eigenvalue weighted by atomic mass is 10.1. The number of para-hydroxylation sites is 1. The van der Waals surface area contributed by atoms with E-state index in [-0.39, 0.29) is 0 Å². The third-order valence-corrected chi connectivity index (χ3v) is 4.09. The van der Waals surface area contributed by atoms with Crippen molar-refractivity contribution in [2.75, 3.05) is 23.3 Å². The Balaban J connectivity index is 1.89. The minimum absolute atomic E-state index is 0.630. The molecule has 0 spiro atoms. The predicted octanol–water partition coefficient (Wildman–Crippen LogP) is 3.53. The van der Waals surface area contributed by atoms with E-state index in [1.807, 2.05) is 6.92 Å². The summed E-state index contributed by atoms with van der Waals surface area (Å²) in [6.07, 6.45) is 3.73. The third kappa shape index (κ3) is 3.18. The van der Waals surface area contributed by atoms with Crippen LogP contribution in [0.25, 0.3) is 0 Å². The van der Waals surface area contributed by atoms with Crippen LogP contribution in [0.3, 0.4) is 0 Å². The van der Waals surface area contributed by atoms with Crippen molar-refractivity contribution >= 4 is 17.6 Å². The smallest absolute Gasteiger partial charge is 0.232 e. The summed E-state index contributed by atoms with van der Waals surface area (Å²) in [6, 6.07) is 6.25. The van der Waals surface area contributed by atoms with Crippen molar-refractivity contribution in [1.29, 1.82) is 0 Å². The van der Waals surface area contributed by atoms with E-state index in [0.29, 0.717) is 5.95 Å². The number of anilines is 3. The molecular formula is C17H23N5. The Morgan fingerprint density at radius 2 is 1.59 bits per heavy atom. The van der Waals surface area contributed by atoms with Crippen molar-refractivity contribution < 1.29 is 0 Å². The molecule has 0 radical (unpaired) electrons. The summed E-state index contributed by atoms with van der Waals surface area (Å²) in [5, 5.41) is 3.37. The third-order valence-electron chi connectivity index (χ3n) is 4.09. The van der Waals surface area contributed by atoms with E-state index in [1.54, 1.807) is 0 Å². The summed E-state index contributed by atoms with van der Waals surface area (Å²) in [4.78, 5) is 15.8. The lowest BCUT2D eigenvalue weighted by Crippen LogP contribution is -2.31. The highest BCUT2D eigenvalue weighted by Gasteiger charge is 2.15. The Labute approximate surface area is 131 Å². The molecule has 1 aliphatic heterocycles. The highest BCUT2D eigenvalue weighted by atomic mass is 15.3. The number of aromatic nitrogens is 3.